The second kappa shape index (κ2) is 2.29. The number of nitrogens with zero attached hydrogens (tertiary/aromatic N) is 3. The lowest BCUT2D eigenvalue weighted by molar-refractivity contribution is 0.789. The van der Waals surface area contributed by atoms with Crippen molar-refractivity contribution in [3.8, 4) is 11.3 Å². The number of imidazole rings is 1. The van der Waals surface area contributed by atoms with Gasteiger partial charge < -0.3 is 9.13 Å². The highest BCUT2D eigenvalue weighted by Gasteiger charge is 2.25. The van der Waals surface area contributed by atoms with Gasteiger partial charge in [-0.2, -0.15) is 0 Å². The summed E-state index contributed by atoms with van der Waals surface area (Å²) in [5, 5.41) is 0. The van der Waals surface area contributed by atoms with Crippen molar-refractivity contribution in [3.05, 3.63) is 29.5 Å². The minimum atomic E-state index is 1.02. The van der Waals surface area contributed by atoms with E-state index in [2.05, 4.69) is 41.2 Å². The number of aryl methyl sites for hydroxylation is 2. The third kappa shape index (κ3) is 0.750. The van der Waals surface area contributed by atoms with Crippen LogP contribution in [-0.4, -0.2) is 14.1 Å². The summed E-state index contributed by atoms with van der Waals surface area (Å²) in [5.41, 5.74) is 6.54. The zero-order chi connectivity index (χ0) is 9.87. The van der Waals surface area contributed by atoms with Crippen molar-refractivity contribution in [3.63, 3.8) is 0 Å². The molecule has 0 N–H and O–H groups in total. The topological polar surface area (TPSA) is 22.8 Å². The van der Waals surface area contributed by atoms with Gasteiger partial charge in [-0.15, -0.1) is 0 Å². The molecule has 3 rings (SSSR count). The SMILES string of the molecule is Cc1cc2c(n1C)Cc1c-2ncn1C. The third-order valence-corrected chi connectivity index (χ3v) is 3.25. The van der Waals surface area contributed by atoms with E-state index in [9.17, 15) is 0 Å². The molecule has 0 radical (unpaired) electrons. The smallest absolute Gasteiger partial charge is 0.0953 e. The van der Waals surface area contributed by atoms with Gasteiger partial charge in [0.25, 0.3) is 0 Å². The van der Waals surface area contributed by atoms with E-state index in [1.807, 2.05) is 6.33 Å². The van der Waals surface area contributed by atoms with Crippen LogP contribution in [-0.2, 0) is 20.5 Å². The molecule has 0 amide bonds. The van der Waals surface area contributed by atoms with Crippen LogP contribution in [0, 0.1) is 6.92 Å². The molecular formula is C11H13N3. The van der Waals surface area contributed by atoms with Crippen LogP contribution in [0.2, 0.25) is 0 Å². The molecule has 0 spiro atoms. The Kier molecular flexibility index (Phi) is 1.29. The normalized spacial score (nSPS) is 13.1. The fourth-order valence-electron chi connectivity index (χ4n) is 2.25. The van der Waals surface area contributed by atoms with Crippen LogP contribution in [0.4, 0.5) is 0 Å². The molecule has 0 saturated heterocycles. The van der Waals surface area contributed by atoms with E-state index in [-0.39, 0.29) is 0 Å². The summed E-state index contributed by atoms with van der Waals surface area (Å²) in [7, 11) is 4.19. The molecule has 0 aliphatic heterocycles. The average Bonchev–Trinajstić information content (AvgIpc) is 2.74. The lowest BCUT2D eigenvalue weighted by Crippen LogP contribution is -1.99. The van der Waals surface area contributed by atoms with E-state index in [0.29, 0.717) is 0 Å². The van der Waals surface area contributed by atoms with E-state index in [4.69, 9.17) is 0 Å². The Morgan fingerprint density at radius 2 is 2.07 bits per heavy atom. The van der Waals surface area contributed by atoms with Crippen LogP contribution in [0.15, 0.2) is 12.4 Å². The van der Waals surface area contributed by atoms with Gasteiger partial charge in [0.2, 0.25) is 0 Å². The summed E-state index contributed by atoms with van der Waals surface area (Å²) in [5.74, 6) is 0. The molecule has 2 heterocycles. The van der Waals surface area contributed by atoms with Crippen molar-refractivity contribution in [1.29, 1.82) is 0 Å². The standard InChI is InChI=1S/C11H13N3/c1-7-4-8-9(14(7)3)5-10-11(8)12-6-13(10)2/h4,6H,5H2,1-3H3. The Morgan fingerprint density at radius 1 is 1.29 bits per heavy atom. The first-order valence-electron chi connectivity index (χ1n) is 4.84. The van der Waals surface area contributed by atoms with Crippen molar-refractivity contribution in [2.24, 2.45) is 14.1 Å². The van der Waals surface area contributed by atoms with Crippen molar-refractivity contribution in [1.82, 2.24) is 14.1 Å². The summed E-state index contributed by atoms with van der Waals surface area (Å²) < 4.78 is 4.38. The molecule has 2 aromatic heterocycles. The maximum atomic E-state index is 4.44. The maximum absolute atomic E-state index is 4.44. The highest BCUT2D eigenvalue weighted by molar-refractivity contribution is 5.72. The molecule has 0 saturated carbocycles. The molecule has 2 aromatic rings. The zero-order valence-electron chi connectivity index (χ0n) is 8.70. The van der Waals surface area contributed by atoms with E-state index in [1.165, 1.54) is 28.3 Å². The van der Waals surface area contributed by atoms with Crippen molar-refractivity contribution < 1.29 is 0 Å². The highest BCUT2D eigenvalue weighted by Crippen LogP contribution is 2.36. The number of rotatable bonds is 0. The van der Waals surface area contributed by atoms with Gasteiger partial charge >= 0.3 is 0 Å². The van der Waals surface area contributed by atoms with Gasteiger partial charge in [-0.05, 0) is 13.0 Å². The number of aromatic nitrogens is 3. The molecule has 0 unspecified atom stereocenters. The summed E-state index contributed by atoms with van der Waals surface area (Å²) >= 11 is 0. The van der Waals surface area contributed by atoms with Gasteiger partial charge in [0.05, 0.1) is 17.7 Å². The van der Waals surface area contributed by atoms with Crippen molar-refractivity contribution in [2.75, 3.05) is 0 Å². The van der Waals surface area contributed by atoms with Crippen LogP contribution < -0.4 is 0 Å². The quantitative estimate of drug-likeness (QED) is 0.524. The second-order valence-corrected chi connectivity index (χ2v) is 4.03. The Morgan fingerprint density at radius 3 is 2.86 bits per heavy atom. The van der Waals surface area contributed by atoms with Gasteiger partial charge in [-0.25, -0.2) is 4.98 Å². The highest BCUT2D eigenvalue weighted by atomic mass is 15.1. The molecule has 1 aliphatic carbocycles. The predicted octanol–water partition coefficient (Wildman–Crippen LogP) is 1.64. The second-order valence-electron chi connectivity index (χ2n) is 4.03. The molecule has 1 aliphatic rings. The molecule has 14 heavy (non-hydrogen) atoms. The number of hydrogen-bond donors (Lipinski definition) is 0. The first kappa shape index (κ1) is 7.85. The van der Waals surface area contributed by atoms with Crippen LogP contribution in [0.5, 0.6) is 0 Å². The summed E-state index contributed by atoms with van der Waals surface area (Å²) in [4.78, 5) is 4.44. The molecule has 3 nitrogen and oxygen atoms in total. The average molecular weight is 187 g/mol. The van der Waals surface area contributed by atoms with Gasteiger partial charge in [-0.1, -0.05) is 0 Å². The summed E-state index contributed by atoms with van der Waals surface area (Å²) in [6.07, 6.45) is 2.92. The zero-order valence-corrected chi connectivity index (χ0v) is 8.70. The molecule has 0 bridgehead atoms. The predicted molar refractivity (Wildman–Crippen MR) is 55.2 cm³/mol. The monoisotopic (exact) mass is 187 g/mol. The van der Waals surface area contributed by atoms with Crippen molar-refractivity contribution in [2.45, 2.75) is 13.3 Å². The van der Waals surface area contributed by atoms with E-state index in [0.717, 1.165) is 6.42 Å². The summed E-state index contributed by atoms with van der Waals surface area (Å²) in [6.45, 7) is 2.14. The molecule has 72 valence electrons. The van der Waals surface area contributed by atoms with Crippen LogP contribution >= 0.6 is 0 Å². The van der Waals surface area contributed by atoms with Crippen LogP contribution in [0.1, 0.15) is 17.1 Å². The Bertz CT molecular complexity index is 517. The van der Waals surface area contributed by atoms with Crippen LogP contribution in [0.3, 0.4) is 0 Å². The number of fused-ring (bicyclic) bond motifs is 3. The van der Waals surface area contributed by atoms with Gasteiger partial charge in [-0.3, -0.25) is 0 Å². The Labute approximate surface area is 83.0 Å². The van der Waals surface area contributed by atoms with Gasteiger partial charge in [0.1, 0.15) is 0 Å². The van der Waals surface area contributed by atoms with Gasteiger partial charge in [0.15, 0.2) is 0 Å². The minimum Gasteiger partial charge on any atom is -0.351 e. The van der Waals surface area contributed by atoms with E-state index in [1.54, 1.807) is 0 Å². The first-order valence-corrected chi connectivity index (χ1v) is 4.84. The lowest BCUT2D eigenvalue weighted by atomic mass is 10.2. The molecule has 3 heteroatoms. The lowest BCUT2D eigenvalue weighted by Gasteiger charge is -2.02. The van der Waals surface area contributed by atoms with Crippen LogP contribution in [0.25, 0.3) is 11.3 Å². The Balaban J connectivity index is 2.31. The molecule has 0 atom stereocenters. The van der Waals surface area contributed by atoms with Gasteiger partial charge in [0, 0.05) is 37.5 Å². The fourth-order valence-corrected chi connectivity index (χ4v) is 2.25. The molecule has 0 aromatic carbocycles. The maximum Gasteiger partial charge on any atom is 0.0953 e. The van der Waals surface area contributed by atoms with Crippen molar-refractivity contribution >= 4 is 0 Å². The van der Waals surface area contributed by atoms with E-state index < -0.39 is 0 Å². The molecule has 0 fully saturated rings. The van der Waals surface area contributed by atoms with E-state index >= 15 is 0 Å². The number of hydrogen-bond acceptors (Lipinski definition) is 1. The largest absolute Gasteiger partial charge is 0.351 e. The molecular weight excluding hydrogens is 174 g/mol. The first-order chi connectivity index (χ1) is 6.68. The fraction of sp³-hybridized carbons (Fsp3) is 0.364. The summed E-state index contributed by atoms with van der Waals surface area (Å²) in [6, 6.07) is 2.23. The minimum absolute atomic E-state index is 1.02. The third-order valence-electron chi connectivity index (χ3n) is 3.25. The Hall–Kier alpha value is -1.51.